The molecule has 0 aliphatic carbocycles. The van der Waals surface area contributed by atoms with E-state index < -0.39 is 0 Å². The Bertz CT molecular complexity index is 572. The quantitative estimate of drug-likeness (QED) is 0.866. The van der Waals surface area contributed by atoms with Crippen LogP contribution in [0.25, 0.3) is 0 Å². The molecule has 22 heavy (non-hydrogen) atoms. The Labute approximate surface area is 135 Å². The van der Waals surface area contributed by atoms with Gasteiger partial charge in [0.2, 0.25) is 0 Å². The van der Waals surface area contributed by atoms with Gasteiger partial charge in [-0.15, -0.1) is 0 Å². The first-order valence-electron chi connectivity index (χ1n) is 8.13. The molecule has 3 aliphatic rings. The van der Waals surface area contributed by atoms with E-state index in [2.05, 4.69) is 11.4 Å². The molecule has 0 aromatic heterocycles. The standard InChI is InChI=1S/C17H22N2O2S/c20-16(19-8-5-13-3-1-2-4-15(13)19)18-14-6-9-21-17(11-14)7-10-22-12-17/h1-4,14H,5-12H2,(H,18,20)/t14-,17-/m1/s1. The lowest BCUT2D eigenvalue weighted by atomic mass is 9.90. The number of benzene rings is 1. The van der Waals surface area contributed by atoms with Crippen molar-refractivity contribution in [3.8, 4) is 0 Å². The molecule has 0 bridgehead atoms. The van der Waals surface area contributed by atoms with Gasteiger partial charge in [0.15, 0.2) is 0 Å². The van der Waals surface area contributed by atoms with Crippen molar-refractivity contribution in [3.05, 3.63) is 29.8 Å². The highest BCUT2D eigenvalue weighted by atomic mass is 32.2. The van der Waals surface area contributed by atoms with E-state index in [1.165, 1.54) is 11.3 Å². The SMILES string of the molecule is O=C(N[C@@H]1CCO[C@]2(CCSC2)C1)N1CCc2ccccc21. The third-order valence-electron chi connectivity index (χ3n) is 5.02. The van der Waals surface area contributed by atoms with Crippen molar-refractivity contribution < 1.29 is 9.53 Å². The molecule has 2 saturated heterocycles. The van der Waals surface area contributed by atoms with Crippen LogP contribution in [0.2, 0.25) is 0 Å². The average molecular weight is 318 g/mol. The number of para-hydroxylation sites is 1. The molecule has 2 fully saturated rings. The monoisotopic (exact) mass is 318 g/mol. The van der Waals surface area contributed by atoms with E-state index in [1.807, 2.05) is 34.9 Å². The van der Waals surface area contributed by atoms with Gasteiger partial charge in [-0.3, -0.25) is 4.90 Å². The topological polar surface area (TPSA) is 41.6 Å². The molecule has 5 heteroatoms. The fraction of sp³-hybridized carbons (Fsp3) is 0.588. The molecular weight excluding hydrogens is 296 g/mol. The summed E-state index contributed by atoms with van der Waals surface area (Å²) in [6.07, 6.45) is 3.96. The van der Waals surface area contributed by atoms with Crippen molar-refractivity contribution in [1.82, 2.24) is 5.32 Å². The fourth-order valence-corrected chi connectivity index (χ4v) is 5.19. The number of hydrogen-bond donors (Lipinski definition) is 1. The summed E-state index contributed by atoms with van der Waals surface area (Å²) in [6.45, 7) is 1.55. The second-order valence-corrected chi connectivity index (χ2v) is 7.61. The number of thioether (sulfide) groups is 1. The van der Waals surface area contributed by atoms with Crippen LogP contribution in [0.5, 0.6) is 0 Å². The highest BCUT2D eigenvalue weighted by molar-refractivity contribution is 7.99. The van der Waals surface area contributed by atoms with Gasteiger partial charge in [-0.2, -0.15) is 11.8 Å². The molecule has 1 N–H and O–H groups in total. The van der Waals surface area contributed by atoms with Gasteiger partial charge in [-0.05, 0) is 43.1 Å². The summed E-state index contributed by atoms with van der Waals surface area (Å²) < 4.78 is 6.03. The first-order valence-corrected chi connectivity index (χ1v) is 9.29. The van der Waals surface area contributed by atoms with E-state index in [4.69, 9.17) is 4.74 Å². The average Bonchev–Trinajstić information content (AvgIpc) is 3.14. The Balaban J connectivity index is 1.42. The molecule has 0 unspecified atom stereocenters. The molecule has 1 aromatic rings. The van der Waals surface area contributed by atoms with Gasteiger partial charge < -0.3 is 10.1 Å². The minimum absolute atomic E-state index is 0.0176. The predicted octanol–water partition coefficient (Wildman–Crippen LogP) is 2.81. The predicted molar refractivity (Wildman–Crippen MR) is 89.7 cm³/mol. The number of urea groups is 1. The zero-order chi connectivity index (χ0) is 15.0. The van der Waals surface area contributed by atoms with Crippen LogP contribution in [0.3, 0.4) is 0 Å². The zero-order valence-corrected chi connectivity index (χ0v) is 13.5. The minimum atomic E-state index is 0.0176. The summed E-state index contributed by atoms with van der Waals surface area (Å²) >= 11 is 1.97. The Hall–Kier alpha value is -1.20. The van der Waals surface area contributed by atoms with E-state index in [0.717, 1.165) is 50.3 Å². The van der Waals surface area contributed by atoms with Gasteiger partial charge in [0, 0.05) is 30.6 Å². The lowest BCUT2D eigenvalue weighted by Crippen LogP contribution is -2.51. The smallest absolute Gasteiger partial charge is 0.322 e. The summed E-state index contributed by atoms with van der Waals surface area (Å²) in [5.41, 5.74) is 2.36. The van der Waals surface area contributed by atoms with Crippen LogP contribution in [-0.2, 0) is 11.2 Å². The van der Waals surface area contributed by atoms with Crippen LogP contribution in [0.15, 0.2) is 24.3 Å². The molecular formula is C17H22N2O2S. The molecule has 3 heterocycles. The number of ether oxygens (including phenoxy) is 1. The van der Waals surface area contributed by atoms with Gasteiger partial charge in [-0.1, -0.05) is 18.2 Å². The van der Waals surface area contributed by atoms with Crippen LogP contribution in [0.4, 0.5) is 10.5 Å². The second-order valence-electron chi connectivity index (χ2n) is 6.50. The summed E-state index contributed by atoms with van der Waals surface area (Å²) in [6, 6.07) is 8.50. The van der Waals surface area contributed by atoms with Crippen molar-refractivity contribution in [3.63, 3.8) is 0 Å². The summed E-state index contributed by atoms with van der Waals surface area (Å²) in [5.74, 6) is 2.26. The molecule has 2 amide bonds. The number of fused-ring (bicyclic) bond motifs is 1. The Morgan fingerprint density at radius 1 is 1.41 bits per heavy atom. The van der Waals surface area contributed by atoms with Crippen LogP contribution in [-0.4, -0.2) is 42.3 Å². The van der Waals surface area contributed by atoms with Gasteiger partial charge >= 0.3 is 6.03 Å². The third kappa shape index (κ3) is 2.61. The number of hydrogen-bond acceptors (Lipinski definition) is 3. The number of nitrogens with zero attached hydrogens (tertiary/aromatic N) is 1. The molecule has 118 valence electrons. The number of rotatable bonds is 1. The Morgan fingerprint density at radius 3 is 3.18 bits per heavy atom. The van der Waals surface area contributed by atoms with Crippen LogP contribution in [0, 0.1) is 0 Å². The highest BCUT2D eigenvalue weighted by Gasteiger charge is 2.41. The fourth-order valence-electron chi connectivity index (χ4n) is 3.82. The summed E-state index contributed by atoms with van der Waals surface area (Å²) in [4.78, 5) is 14.5. The maximum absolute atomic E-state index is 12.6. The maximum Gasteiger partial charge on any atom is 0.322 e. The molecule has 1 spiro atoms. The number of nitrogens with one attached hydrogen (secondary N) is 1. The van der Waals surface area contributed by atoms with Gasteiger partial charge in [-0.25, -0.2) is 4.79 Å². The maximum atomic E-state index is 12.6. The summed E-state index contributed by atoms with van der Waals surface area (Å²) in [5, 5.41) is 3.25. The van der Waals surface area contributed by atoms with E-state index in [9.17, 15) is 4.79 Å². The van der Waals surface area contributed by atoms with Crippen LogP contribution in [0.1, 0.15) is 24.8 Å². The second kappa shape index (κ2) is 5.78. The van der Waals surface area contributed by atoms with Gasteiger partial charge in [0.05, 0.1) is 5.60 Å². The number of carbonyl (C=O) groups excluding carboxylic acids is 1. The lowest BCUT2D eigenvalue weighted by Gasteiger charge is -2.38. The minimum Gasteiger partial charge on any atom is -0.374 e. The van der Waals surface area contributed by atoms with Crippen LogP contribution >= 0.6 is 11.8 Å². The van der Waals surface area contributed by atoms with Crippen molar-refractivity contribution in [2.24, 2.45) is 0 Å². The normalized spacial score (nSPS) is 30.5. The van der Waals surface area contributed by atoms with Gasteiger partial charge in [0.25, 0.3) is 0 Å². The van der Waals surface area contributed by atoms with E-state index in [0.29, 0.717) is 0 Å². The third-order valence-corrected chi connectivity index (χ3v) is 6.24. The van der Waals surface area contributed by atoms with Crippen molar-refractivity contribution >= 4 is 23.5 Å². The highest BCUT2D eigenvalue weighted by Crippen LogP contribution is 2.38. The molecule has 1 aromatic carbocycles. The number of carbonyl (C=O) groups is 1. The molecule has 4 nitrogen and oxygen atoms in total. The Kier molecular flexibility index (Phi) is 3.78. The zero-order valence-electron chi connectivity index (χ0n) is 12.7. The van der Waals surface area contributed by atoms with Crippen LogP contribution < -0.4 is 10.2 Å². The molecule has 0 saturated carbocycles. The molecule has 4 rings (SSSR count). The molecule has 0 radical (unpaired) electrons. The summed E-state index contributed by atoms with van der Waals surface area (Å²) in [7, 11) is 0. The lowest BCUT2D eigenvalue weighted by molar-refractivity contribution is -0.0683. The largest absolute Gasteiger partial charge is 0.374 e. The van der Waals surface area contributed by atoms with Crippen molar-refractivity contribution in [2.45, 2.75) is 37.3 Å². The van der Waals surface area contributed by atoms with E-state index in [1.54, 1.807) is 0 Å². The number of amides is 2. The van der Waals surface area contributed by atoms with E-state index >= 15 is 0 Å². The Morgan fingerprint density at radius 2 is 2.32 bits per heavy atom. The first kappa shape index (κ1) is 14.4. The van der Waals surface area contributed by atoms with E-state index in [-0.39, 0.29) is 17.7 Å². The number of anilines is 1. The first-order chi connectivity index (χ1) is 10.8. The van der Waals surface area contributed by atoms with Gasteiger partial charge in [0.1, 0.15) is 0 Å². The molecule has 3 aliphatic heterocycles. The van der Waals surface area contributed by atoms with Crippen molar-refractivity contribution in [1.29, 1.82) is 0 Å². The van der Waals surface area contributed by atoms with Crippen molar-refractivity contribution in [2.75, 3.05) is 29.6 Å². The molecule has 2 atom stereocenters.